The molecule has 0 spiro atoms. The van der Waals surface area contributed by atoms with E-state index in [1.807, 2.05) is 30.3 Å². The molecule has 12 heteroatoms. The van der Waals surface area contributed by atoms with E-state index < -0.39 is 41.9 Å². The fraction of sp³-hybridized carbons (Fsp3) is 0.231. The molecule has 1 unspecified atom stereocenters. The largest absolute Gasteiger partial charge is 0.469 e. The van der Waals surface area contributed by atoms with E-state index in [1.54, 1.807) is 0 Å². The number of halogens is 6. The highest BCUT2D eigenvalue weighted by Gasteiger charge is 2.66. The smallest absolute Gasteiger partial charge is 0.435 e. The second-order valence-corrected chi connectivity index (χ2v) is 8.65. The van der Waals surface area contributed by atoms with Crippen LogP contribution in [0, 0.1) is 0 Å². The summed E-state index contributed by atoms with van der Waals surface area (Å²) >= 11 is 0. The lowest BCUT2D eigenvalue weighted by Gasteiger charge is -2.23. The minimum absolute atomic E-state index is 0.0470. The van der Waals surface area contributed by atoms with E-state index in [1.165, 1.54) is 37.4 Å². The van der Waals surface area contributed by atoms with E-state index >= 15 is 0 Å². The summed E-state index contributed by atoms with van der Waals surface area (Å²) in [6.45, 7) is -2.90. The van der Waals surface area contributed by atoms with Crippen LogP contribution in [0.1, 0.15) is 22.6 Å². The van der Waals surface area contributed by atoms with E-state index in [4.69, 9.17) is 0 Å². The van der Waals surface area contributed by atoms with Crippen LogP contribution in [0.3, 0.4) is 0 Å². The monoisotopic (exact) mass is 535 g/mol. The van der Waals surface area contributed by atoms with Crippen LogP contribution in [0.25, 0.3) is 0 Å². The Balaban J connectivity index is 1.44. The molecular weight excluding hydrogens is 516 g/mol. The van der Waals surface area contributed by atoms with Gasteiger partial charge in [0, 0.05) is 18.7 Å². The number of hydrogen-bond acceptors (Lipinski definition) is 4. The van der Waals surface area contributed by atoms with Crippen LogP contribution in [-0.4, -0.2) is 43.1 Å². The molecule has 38 heavy (non-hydrogen) atoms. The highest BCUT2D eigenvalue weighted by Crippen LogP contribution is 2.54. The van der Waals surface area contributed by atoms with Crippen LogP contribution < -0.4 is 14.4 Å². The van der Waals surface area contributed by atoms with Gasteiger partial charge in [0.05, 0.1) is 17.8 Å². The molecule has 2 aliphatic rings. The number of benzene rings is 3. The van der Waals surface area contributed by atoms with Crippen molar-refractivity contribution in [1.29, 1.82) is 0 Å². The molecule has 3 aromatic rings. The number of carbonyl (C=O) groups is 1. The molecule has 198 valence electrons. The molecule has 6 nitrogen and oxygen atoms in total. The number of rotatable bonds is 5. The number of hydrazone groups is 1. The Hall–Kier alpha value is -4.22. The quantitative estimate of drug-likeness (QED) is 0.354. The van der Waals surface area contributed by atoms with Gasteiger partial charge in [-0.3, -0.25) is 4.90 Å². The zero-order chi connectivity index (χ0) is 27.2. The summed E-state index contributed by atoms with van der Waals surface area (Å²) in [5.74, 6) is -5.68. The first-order valence-corrected chi connectivity index (χ1v) is 11.3. The molecule has 3 aromatic carbocycles. The maximum atomic E-state index is 14.2. The first-order chi connectivity index (χ1) is 18.0. The Morgan fingerprint density at radius 1 is 1.05 bits per heavy atom. The first-order valence-electron chi connectivity index (χ1n) is 11.3. The van der Waals surface area contributed by atoms with Crippen molar-refractivity contribution in [2.75, 3.05) is 18.5 Å². The Morgan fingerprint density at radius 3 is 2.39 bits per heavy atom. The molecule has 0 fully saturated rings. The average Bonchev–Trinajstić information content (AvgIpc) is 3.40. The van der Waals surface area contributed by atoms with Gasteiger partial charge in [-0.1, -0.05) is 30.3 Å². The summed E-state index contributed by atoms with van der Waals surface area (Å²) in [6, 6.07) is 17.2. The van der Waals surface area contributed by atoms with E-state index in [2.05, 4.69) is 14.6 Å². The number of nitrogens with zero attached hydrogens (tertiary/aromatic N) is 3. The van der Waals surface area contributed by atoms with Gasteiger partial charge in [0.1, 0.15) is 11.5 Å². The third-order valence-corrected chi connectivity index (χ3v) is 6.29. The van der Waals surface area contributed by atoms with Gasteiger partial charge >= 0.3 is 24.7 Å². The number of carbonyl (C=O) groups excluding carboxylic acids is 1. The second kappa shape index (κ2) is 9.26. The highest BCUT2D eigenvalue weighted by atomic mass is 19.3. The molecule has 0 aliphatic carbocycles. The van der Waals surface area contributed by atoms with Crippen LogP contribution in [0.2, 0.25) is 0 Å². The SMILES string of the molecule is CN(C(=O)N1CC(c2ccccc2)C(c2ccc(OC(F)F)cc2)=N1)c1ccc2c(c1)C(F)(F)C(F)(F)O2. The van der Waals surface area contributed by atoms with Crippen LogP contribution in [0.15, 0.2) is 77.9 Å². The van der Waals surface area contributed by atoms with Crippen molar-refractivity contribution in [3.05, 3.63) is 89.5 Å². The van der Waals surface area contributed by atoms with Crippen LogP contribution in [0.5, 0.6) is 11.5 Å². The number of fused-ring (bicyclic) bond motifs is 1. The second-order valence-electron chi connectivity index (χ2n) is 8.65. The van der Waals surface area contributed by atoms with Crippen LogP contribution in [0.4, 0.5) is 36.8 Å². The van der Waals surface area contributed by atoms with E-state index in [-0.39, 0.29) is 18.0 Å². The van der Waals surface area contributed by atoms with Crippen molar-refractivity contribution >= 4 is 17.4 Å². The van der Waals surface area contributed by atoms with Gasteiger partial charge in [-0.25, -0.2) is 9.80 Å². The minimum atomic E-state index is -4.70. The molecule has 1 atom stereocenters. The van der Waals surface area contributed by atoms with Crippen molar-refractivity contribution < 1.29 is 40.6 Å². The number of hydrogen-bond donors (Lipinski definition) is 0. The van der Waals surface area contributed by atoms with Gasteiger partial charge in [0.15, 0.2) is 0 Å². The molecule has 2 amide bonds. The topological polar surface area (TPSA) is 54.4 Å². The molecule has 2 aliphatic heterocycles. The fourth-order valence-electron chi connectivity index (χ4n) is 4.34. The van der Waals surface area contributed by atoms with Gasteiger partial charge in [-0.2, -0.15) is 31.4 Å². The zero-order valence-corrected chi connectivity index (χ0v) is 19.6. The van der Waals surface area contributed by atoms with Crippen molar-refractivity contribution in [3.8, 4) is 11.5 Å². The molecule has 5 rings (SSSR count). The molecular formula is C26H19F6N3O3. The molecule has 0 bridgehead atoms. The van der Waals surface area contributed by atoms with E-state index in [0.29, 0.717) is 11.3 Å². The van der Waals surface area contributed by atoms with Crippen molar-refractivity contribution in [1.82, 2.24) is 5.01 Å². The third-order valence-electron chi connectivity index (χ3n) is 6.29. The summed E-state index contributed by atoms with van der Waals surface area (Å²) in [5.41, 5.74) is 0.750. The molecule has 0 aromatic heterocycles. The third kappa shape index (κ3) is 4.39. The maximum absolute atomic E-state index is 14.2. The van der Waals surface area contributed by atoms with Crippen molar-refractivity contribution in [2.45, 2.75) is 24.6 Å². The number of anilines is 1. The molecule has 2 heterocycles. The number of ether oxygens (including phenoxy) is 2. The zero-order valence-electron chi connectivity index (χ0n) is 19.6. The average molecular weight is 535 g/mol. The first kappa shape index (κ1) is 25.4. The maximum Gasteiger partial charge on any atom is 0.469 e. The summed E-state index contributed by atoms with van der Waals surface area (Å²) < 4.78 is 89.1. The number of alkyl halides is 6. The number of amides is 2. The van der Waals surface area contributed by atoms with E-state index in [0.717, 1.165) is 27.6 Å². The normalized spacial score (nSPS) is 19.1. The predicted molar refractivity (Wildman–Crippen MR) is 125 cm³/mol. The van der Waals surface area contributed by atoms with Gasteiger partial charge in [-0.05, 0) is 53.6 Å². The standard InChI is InChI=1S/C26H19F6N3O3/c1-34(17-9-12-21-20(13-17)25(29,30)26(31,32)38-21)24(36)35-14-19(15-5-3-2-4-6-15)22(33-35)16-7-10-18(11-8-16)37-23(27)28/h2-13,19,23H,14H2,1H3. The Kier molecular flexibility index (Phi) is 6.20. The lowest BCUT2D eigenvalue weighted by Crippen LogP contribution is -2.38. The van der Waals surface area contributed by atoms with Crippen molar-refractivity contribution in [3.63, 3.8) is 0 Å². The summed E-state index contributed by atoms with van der Waals surface area (Å²) in [5, 5.41) is 5.59. The van der Waals surface area contributed by atoms with Gasteiger partial charge in [0.2, 0.25) is 0 Å². The Bertz CT molecular complexity index is 1380. The van der Waals surface area contributed by atoms with Gasteiger partial charge < -0.3 is 9.47 Å². The molecule has 0 saturated heterocycles. The highest BCUT2D eigenvalue weighted by molar-refractivity contribution is 6.08. The van der Waals surface area contributed by atoms with Gasteiger partial charge in [0.25, 0.3) is 0 Å². The van der Waals surface area contributed by atoms with Crippen molar-refractivity contribution in [2.24, 2.45) is 5.10 Å². The minimum Gasteiger partial charge on any atom is -0.435 e. The van der Waals surface area contributed by atoms with E-state index in [9.17, 15) is 31.1 Å². The lowest BCUT2D eigenvalue weighted by molar-refractivity contribution is -0.296. The summed E-state index contributed by atoms with van der Waals surface area (Å²) in [6.07, 6.45) is -4.70. The van der Waals surface area contributed by atoms with Gasteiger partial charge in [-0.15, -0.1) is 0 Å². The van der Waals surface area contributed by atoms with Crippen LogP contribution >= 0.6 is 0 Å². The fourth-order valence-corrected chi connectivity index (χ4v) is 4.34. The lowest BCUT2D eigenvalue weighted by atomic mass is 9.90. The predicted octanol–water partition coefficient (Wildman–Crippen LogP) is 6.42. The Labute approximate surface area is 212 Å². The summed E-state index contributed by atoms with van der Waals surface area (Å²) in [7, 11) is 1.30. The molecule has 0 radical (unpaired) electrons. The van der Waals surface area contributed by atoms with Crippen LogP contribution in [-0.2, 0) is 5.92 Å². The molecule has 0 N–H and O–H groups in total. The number of urea groups is 1. The Morgan fingerprint density at radius 2 is 1.74 bits per heavy atom. The summed E-state index contributed by atoms with van der Waals surface area (Å²) in [4.78, 5) is 14.4. The molecule has 0 saturated carbocycles.